The smallest absolute Gasteiger partial charge is 0.322 e. The van der Waals surface area contributed by atoms with Crippen molar-refractivity contribution in [3.8, 4) is 5.75 Å². The molecule has 5 aliphatic heterocycles. The quantitative estimate of drug-likeness (QED) is 0.404. The van der Waals surface area contributed by atoms with Crippen molar-refractivity contribution in [3.05, 3.63) is 81.0 Å². The fourth-order valence-corrected chi connectivity index (χ4v) is 8.05. The summed E-state index contributed by atoms with van der Waals surface area (Å²) in [7, 11) is 0. The highest BCUT2D eigenvalue weighted by Crippen LogP contribution is 2.62. The molecule has 3 unspecified atom stereocenters. The summed E-state index contributed by atoms with van der Waals surface area (Å²) in [6, 6.07) is 4.37. The van der Waals surface area contributed by atoms with Gasteiger partial charge in [-0.1, -0.05) is 31.2 Å². The van der Waals surface area contributed by atoms with Gasteiger partial charge in [0.15, 0.2) is 11.4 Å². The summed E-state index contributed by atoms with van der Waals surface area (Å²) in [5, 5.41) is 33.0. The Hall–Kier alpha value is -3.98. The first-order valence-corrected chi connectivity index (χ1v) is 14.3. The summed E-state index contributed by atoms with van der Waals surface area (Å²) < 4.78 is 0. The molecule has 9 rings (SSSR count). The molecule has 9 nitrogen and oxygen atoms in total. The van der Waals surface area contributed by atoms with E-state index in [9.17, 15) is 19.8 Å². The molecule has 2 aliphatic carbocycles. The number of piperidine rings is 1. The van der Waals surface area contributed by atoms with E-state index >= 15 is 0 Å². The minimum Gasteiger partial charge on any atom is -0.504 e. The Morgan fingerprint density at radius 3 is 2.49 bits per heavy atom. The van der Waals surface area contributed by atoms with E-state index in [1.54, 1.807) is 6.92 Å². The van der Waals surface area contributed by atoms with Gasteiger partial charge in [-0.15, -0.1) is 0 Å². The maximum absolute atomic E-state index is 13.0. The van der Waals surface area contributed by atoms with Crippen LogP contribution in [0.25, 0.3) is 0 Å². The molecule has 3 atom stereocenters. The number of carbonyl (C=O) groups is 2. The van der Waals surface area contributed by atoms with E-state index in [4.69, 9.17) is 10.1 Å². The molecule has 1 fully saturated rings. The molecule has 41 heavy (non-hydrogen) atoms. The highest BCUT2D eigenvalue weighted by molar-refractivity contribution is 5.96. The van der Waals surface area contributed by atoms with Crippen LogP contribution >= 0.6 is 0 Å². The Kier molecular flexibility index (Phi) is 6.53. The van der Waals surface area contributed by atoms with Crippen molar-refractivity contribution < 1.29 is 24.9 Å². The summed E-state index contributed by atoms with van der Waals surface area (Å²) in [6.07, 6.45) is 8.55. The maximum Gasteiger partial charge on any atom is 0.322 e. The number of carboxylic acid groups (broad SMARTS) is 1. The van der Waals surface area contributed by atoms with Crippen LogP contribution in [0.1, 0.15) is 71.3 Å². The monoisotopic (exact) mass is 556 g/mol. The van der Waals surface area contributed by atoms with Crippen molar-refractivity contribution in [1.82, 2.24) is 15.3 Å². The maximum atomic E-state index is 13.0. The van der Waals surface area contributed by atoms with Crippen LogP contribution in [0.15, 0.2) is 47.1 Å². The van der Waals surface area contributed by atoms with Gasteiger partial charge in [0.25, 0.3) is 5.91 Å². The number of rotatable bonds is 7. The minimum atomic E-state index is -1.19. The number of nitrogens with one attached hydrogen (secondary N) is 1. The lowest BCUT2D eigenvalue weighted by molar-refractivity contribution is -0.135. The van der Waals surface area contributed by atoms with Gasteiger partial charge in [0, 0.05) is 36.0 Å². The number of aliphatic carboxylic acids is 1. The molecule has 0 spiro atoms. The molecule has 6 bridgehead atoms. The number of hydrogen-bond donors (Lipinski definition) is 4. The van der Waals surface area contributed by atoms with Gasteiger partial charge in [0.1, 0.15) is 12.4 Å². The SMILES string of the molecule is CC1=C2C=CC(=C1)C2C1(C(C)c2nc(C)c(O)c(C(=O)NCC(=O)O)n2)c2ccc(c(C)c2CO)N2CCC1CC2. The van der Waals surface area contributed by atoms with E-state index in [0.29, 0.717) is 5.82 Å². The number of carbonyl (C=O) groups excluding carboxylic acids is 1. The van der Waals surface area contributed by atoms with Crippen molar-refractivity contribution in [2.75, 3.05) is 24.5 Å². The fourth-order valence-electron chi connectivity index (χ4n) is 8.05. The summed E-state index contributed by atoms with van der Waals surface area (Å²) in [4.78, 5) is 35.9. The fraction of sp³-hybridized carbons (Fsp3) is 0.438. The Balaban J connectivity index is 1.61. The van der Waals surface area contributed by atoms with Gasteiger partial charge >= 0.3 is 5.97 Å². The van der Waals surface area contributed by atoms with Gasteiger partial charge in [0.2, 0.25) is 0 Å². The molecular weight excluding hydrogens is 520 g/mol. The first-order valence-electron chi connectivity index (χ1n) is 14.3. The van der Waals surface area contributed by atoms with E-state index in [1.807, 2.05) is 0 Å². The molecule has 9 heteroatoms. The van der Waals surface area contributed by atoms with E-state index in [2.05, 4.69) is 66.3 Å². The molecule has 6 heterocycles. The lowest BCUT2D eigenvalue weighted by Gasteiger charge is -2.52. The molecule has 1 aromatic heterocycles. The van der Waals surface area contributed by atoms with Crippen LogP contribution in [-0.4, -0.2) is 56.8 Å². The Labute approximate surface area is 239 Å². The number of aryl methyl sites for hydroxylation is 1. The molecule has 214 valence electrons. The highest BCUT2D eigenvalue weighted by Gasteiger charge is 2.57. The lowest BCUT2D eigenvalue weighted by atomic mass is 9.52. The second-order valence-electron chi connectivity index (χ2n) is 11.8. The summed E-state index contributed by atoms with van der Waals surface area (Å²) in [5.74, 6) is -1.99. The normalized spacial score (nSPS) is 24.8. The van der Waals surface area contributed by atoms with Crippen LogP contribution in [-0.2, 0) is 16.8 Å². The van der Waals surface area contributed by atoms with Crippen molar-refractivity contribution in [1.29, 1.82) is 0 Å². The van der Waals surface area contributed by atoms with Crippen molar-refractivity contribution in [2.45, 2.75) is 58.5 Å². The number of fused-ring (bicyclic) bond motifs is 2. The van der Waals surface area contributed by atoms with Gasteiger partial charge < -0.3 is 25.5 Å². The third-order valence-electron chi connectivity index (χ3n) is 9.92. The molecule has 4 N–H and O–H groups in total. The molecule has 7 aliphatic rings. The molecule has 1 aromatic carbocycles. The largest absolute Gasteiger partial charge is 0.504 e. The molecule has 0 radical (unpaired) electrons. The van der Waals surface area contributed by atoms with E-state index in [-0.39, 0.29) is 41.5 Å². The first kappa shape index (κ1) is 27.2. The van der Waals surface area contributed by atoms with Gasteiger partial charge in [0.05, 0.1) is 12.3 Å². The zero-order chi connectivity index (χ0) is 29.2. The Bertz CT molecular complexity index is 1570. The van der Waals surface area contributed by atoms with Crippen LogP contribution in [0.4, 0.5) is 5.69 Å². The number of nitrogens with zero attached hydrogens (tertiary/aromatic N) is 3. The van der Waals surface area contributed by atoms with Crippen LogP contribution in [0, 0.1) is 25.7 Å². The second-order valence-corrected chi connectivity index (χ2v) is 11.8. The molecule has 1 amide bonds. The van der Waals surface area contributed by atoms with Crippen molar-refractivity contribution in [3.63, 3.8) is 0 Å². The van der Waals surface area contributed by atoms with Gasteiger partial charge in [-0.25, -0.2) is 9.97 Å². The highest BCUT2D eigenvalue weighted by atomic mass is 16.4. The van der Waals surface area contributed by atoms with Gasteiger partial charge in [-0.3, -0.25) is 9.59 Å². The first-order chi connectivity index (χ1) is 19.6. The predicted molar refractivity (Wildman–Crippen MR) is 154 cm³/mol. The number of hydrogen-bond acceptors (Lipinski definition) is 7. The molecule has 2 aromatic rings. The number of aliphatic hydroxyl groups is 1. The topological polar surface area (TPSA) is 136 Å². The number of allylic oxidation sites excluding steroid dienone is 6. The number of amides is 1. The number of aromatic hydroxyl groups is 1. The van der Waals surface area contributed by atoms with Crippen molar-refractivity contribution >= 4 is 17.6 Å². The standard InChI is InChI=1S/C32H36N4O5/c1-16-13-20-5-6-22(16)27(20)32(18(3)30-34-19(4)29(40)28(35-30)31(41)33-14-26(38)39)21-9-11-36(12-10-21)25-8-7-24(32)23(15-37)17(25)2/h5-8,13,18,21,27,37,40H,9-12,14-15H2,1-4H3,(H,33,41)(H,38,39). The van der Waals surface area contributed by atoms with E-state index in [0.717, 1.165) is 48.3 Å². The zero-order valence-electron chi connectivity index (χ0n) is 23.9. The number of carboxylic acids is 1. The third kappa shape index (κ3) is 3.93. The third-order valence-corrected chi connectivity index (χ3v) is 9.92. The summed E-state index contributed by atoms with van der Waals surface area (Å²) >= 11 is 0. The predicted octanol–water partition coefficient (Wildman–Crippen LogP) is 3.82. The average Bonchev–Trinajstić information content (AvgIpc) is 3.54. The summed E-state index contributed by atoms with van der Waals surface area (Å²) in [5.41, 5.74) is 7.44. The average molecular weight is 557 g/mol. The van der Waals surface area contributed by atoms with Crippen LogP contribution in [0.3, 0.4) is 0 Å². The molecule has 1 saturated heterocycles. The number of anilines is 1. The van der Waals surface area contributed by atoms with Gasteiger partial charge in [-0.05, 0) is 79.0 Å². The van der Waals surface area contributed by atoms with Crippen molar-refractivity contribution in [2.24, 2.45) is 11.8 Å². The van der Waals surface area contributed by atoms with E-state index in [1.165, 1.54) is 16.7 Å². The second kappa shape index (κ2) is 9.83. The molecule has 0 saturated carbocycles. The minimum absolute atomic E-state index is 0.0182. The lowest BCUT2D eigenvalue weighted by Crippen LogP contribution is -2.51. The van der Waals surface area contributed by atoms with Crippen LogP contribution in [0.5, 0.6) is 5.75 Å². The van der Waals surface area contributed by atoms with Crippen LogP contribution < -0.4 is 10.2 Å². The number of aromatic nitrogens is 2. The van der Waals surface area contributed by atoms with E-state index < -0.39 is 23.8 Å². The number of aliphatic hydroxyl groups excluding tert-OH is 1. The number of benzene rings is 1. The molecular formula is C32H36N4O5. The van der Waals surface area contributed by atoms with Gasteiger partial charge in [-0.2, -0.15) is 0 Å². The Morgan fingerprint density at radius 2 is 1.88 bits per heavy atom. The summed E-state index contributed by atoms with van der Waals surface area (Å²) in [6.45, 7) is 9.08. The zero-order valence-corrected chi connectivity index (χ0v) is 23.9. The Morgan fingerprint density at radius 1 is 1.15 bits per heavy atom. The van der Waals surface area contributed by atoms with Crippen LogP contribution in [0.2, 0.25) is 0 Å².